The van der Waals surface area contributed by atoms with Crippen molar-refractivity contribution < 1.29 is 26.7 Å². The van der Waals surface area contributed by atoms with Crippen molar-refractivity contribution in [1.82, 2.24) is 0 Å². The van der Waals surface area contributed by atoms with E-state index in [1.165, 1.54) is 0 Å². The summed E-state index contributed by atoms with van der Waals surface area (Å²) in [6.07, 6.45) is 0.516. The van der Waals surface area contributed by atoms with Gasteiger partial charge in [0.25, 0.3) is 0 Å². The lowest BCUT2D eigenvalue weighted by molar-refractivity contribution is -0.118. The first-order valence-corrected chi connectivity index (χ1v) is 10.2. The summed E-state index contributed by atoms with van der Waals surface area (Å²) >= 11 is 0. The van der Waals surface area contributed by atoms with E-state index >= 15 is 0 Å². The van der Waals surface area contributed by atoms with E-state index in [-0.39, 0.29) is 17.8 Å². The zero-order valence-corrected chi connectivity index (χ0v) is 17.3. The number of nitrogens with one attached hydrogen (secondary N) is 1. The Balaban J connectivity index is 1.86. The smallest absolute Gasteiger partial charge is 0.200 e. The molecule has 2 aliphatic rings. The van der Waals surface area contributed by atoms with Gasteiger partial charge in [-0.2, -0.15) is 0 Å². The van der Waals surface area contributed by atoms with Crippen molar-refractivity contribution in [3.8, 4) is 0 Å². The molecule has 1 heterocycles. The molecule has 32 heavy (non-hydrogen) atoms. The van der Waals surface area contributed by atoms with E-state index in [1.54, 1.807) is 12.1 Å². The fraction of sp³-hybridized carbons (Fsp3) is 0.240. The summed E-state index contributed by atoms with van der Waals surface area (Å²) in [5.41, 5.74) is 0.353. The number of halogens is 5. The molecule has 3 aromatic carbocycles. The fourth-order valence-electron chi connectivity index (χ4n) is 4.93. The van der Waals surface area contributed by atoms with Crippen LogP contribution in [0.25, 0.3) is 16.3 Å². The van der Waals surface area contributed by atoms with E-state index in [4.69, 9.17) is 0 Å². The van der Waals surface area contributed by atoms with Crippen LogP contribution in [0.15, 0.2) is 42.0 Å². The van der Waals surface area contributed by atoms with Crippen LogP contribution in [-0.4, -0.2) is 5.78 Å². The molecular weight excluding hydrogens is 425 g/mol. The van der Waals surface area contributed by atoms with Gasteiger partial charge in [-0.25, -0.2) is 22.0 Å². The number of hydrogen-bond acceptors (Lipinski definition) is 2. The maximum Gasteiger partial charge on any atom is 0.200 e. The van der Waals surface area contributed by atoms with Crippen molar-refractivity contribution in [1.29, 1.82) is 0 Å². The topological polar surface area (TPSA) is 29.1 Å². The quantitative estimate of drug-likeness (QED) is 0.253. The summed E-state index contributed by atoms with van der Waals surface area (Å²) in [6, 6.07) is 9.51. The predicted molar refractivity (Wildman–Crippen MR) is 111 cm³/mol. The van der Waals surface area contributed by atoms with Gasteiger partial charge in [0.1, 0.15) is 0 Å². The molecule has 0 saturated carbocycles. The molecule has 0 saturated heterocycles. The van der Waals surface area contributed by atoms with E-state index in [9.17, 15) is 26.7 Å². The molecule has 3 aromatic rings. The number of ketones is 1. The number of Topliss-reactive ketones (excluding diaryl/α,β-unsaturated/α-hetero) is 1. The zero-order chi connectivity index (χ0) is 22.9. The van der Waals surface area contributed by atoms with Crippen molar-refractivity contribution >= 4 is 27.8 Å². The molecule has 1 atom stereocenters. The van der Waals surface area contributed by atoms with E-state index in [1.807, 2.05) is 38.1 Å². The number of carbonyl (C=O) groups excluding carboxylic acids is 1. The van der Waals surface area contributed by atoms with Gasteiger partial charge in [0.2, 0.25) is 5.82 Å². The van der Waals surface area contributed by atoms with Crippen LogP contribution in [0.1, 0.15) is 43.9 Å². The highest BCUT2D eigenvalue weighted by molar-refractivity contribution is 6.12. The standard InChI is InChI=1S/C25H18F5NO/c1-25(2)9-13-16-12-6-4-3-5-11(12)7-8-14(16)31-24(17(13)15(32)10-25)18-19(26)21(28)23(30)22(29)20(18)27/h3-8,24,31H,9-10H2,1-2H3. The van der Waals surface area contributed by atoms with Gasteiger partial charge in [-0.05, 0) is 34.2 Å². The molecule has 0 amide bonds. The third-order valence-corrected chi connectivity index (χ3v) is 6.27. The molecule has 2 nitrogen and oxygen atoms in total. The van der Waals surface area contributed by atoms with Crippen LogP contribution < -0.4 is 5.32 Å². The summed E-state index contributed by atoms with van der Waals surface area (Å²) in [6.45, 7) is 3.82. The Labute approximate surface area is 180 Å². The van der Waals surface area contributed by atoms with Crippen molar-refractivity contribution in [2.24, 2.45) is 5.41 Å². The van der Waals surface area contributed by atoms with Gasteiger partial charge >= 0.3 is 0 Å². The highest BCUT2D eigenvalue weighted by Crippen LogP contribution is 2.52. The van der Waals surface area contributed by atoms with Gasteiger partial charge in [0, 0.05) is 23.2 Å². The summed E-state index contributed by atoms with van der Waals surface area (Å²) in [5.74, 6) is -10.5. The van der Waals surface area contributed by atoms with Gasteiger partial charge in [0.15, 0.2) is 29.1 Å². The van der Waals surface area contributed by atoms with E-state index in [0.29, 0.717) is 17.7 Å². The Bertz CT molecular complexity index is 1330. The minimum Gasteiger partial charge on any atom is -0.373 e. The minimum absolute atomic E-state index is 0.0522. The van der Waals surface area contributed by atoms with Crippen molar-refractivity contribution in [3.63, 3.8) is 0 Å². The largest absolute Gasteiger partial charge is 0.373 e. The lowest BCUT2D eigenvalue weighted by Crippen LogP contribution is -2.34. The lowest BCUT2D eigenvalue weighted by atomic mass is 9.67. The van der Waals surface area contributed by atoms with E-state index < -0.39 is 46.1 Å². The minimum atomic E-state index is -2.23. The molecule has 7 heteroatoms. The third kappa shape index (κ3) is 2.87. The third-order valence-electron chi connectivity index (χ3n) is 6.27. The second-order valence-corrected chi connectivity index (χ2v) is 9.10. The van der Waals surface area contributed by atoms with Crippen LogP contribution in [0.5, 0.6) is 0 Å². The summed E-state index contributed by atoms with van der Waals surface area (Å²) in [4.78, 5) is 13.2. The highest BCUT2D eigenvalue weighted by Gasteiger charge is 2.43. The zero-order valence-electron chi connectivity index (χ0n) is 17.3. The van der Waals surface area contributed by atoms with Gasteiger partial charge in [-0.1, -0.05) is 44.2 Å². The Hall–Kier alpha value is -3.22. The SMILES string of the molecule is CC1(C)CC(=O)C2=C(C1)c1c(ccc3ccccc13)NC2c1c(F)c(F)c(F)c(F)c1F. The molecule has 0 spiro atoms. The second kappa shape index (κ2) is 6.89. The number of allylic oxidation sites excluding steroid dienone is 1. The van der Waals surface area contributed by atoms with Crippen LogP contribution in [-0.2, 0) is 4.79 Å². The van der Waals surface area contributed by atoms with Gasteiger partial charge < -0.3 is 5.32 Å². The Morgan fingerprint density at radius 1 is 0.844 bits per heavy atom. The molecular formula is C25H18F5NO. The average Bonchev–Trinajstić information content (AvgIpc) is 2.75. The molecule has 0 aromatic heterocycles. The van der Waals surface area contributed by atoms with Crippen LogP contribution >= 0.6 is 0 Å². The molecule has 0 bridgehead atoms. The number of fused-ring (bicyclic) bond motifs is 4. The Morgan fingerprint density at radius 2 is 1.47 bits per heavy atom. The first-order valence-electron chi connectivity index (χ1n) is 10.2. The van der Waals surface area contributed by atoms with Gasteiger partial charge in [-0.3, -0.25) is 4.79 Å². The second-order valence-electron chi connectivity index (χ2n) is 9.10. The molecule has 1 aliphatic heterocycles. The molecule has 164 valence electrons. The lowest BCUT2D eigenvalue weighted by Gasteiger charge is -2.40. The molecule has 0 radical (unpaired) electrons. The molecule has 1 N–H and O–H groups in total. The Kier molecular flexibility index (Phi) is 4.45. The van der Waals surface area contributed by atoms with E-state index in [2.05, 4.69) is 5.32 Å². The van der Waals surface area contributed by atoms with Crippen molar-refractivity contribution in [2.75, 3.05) is 5.32 Å². The number of rotatable bonds is 1. The number of carbonyl (C=O) groups is 1. The van der Waals surface area contributed by atoms with Gasteiger partial charge in [-0.15, -0.1) is 0 Å². The van der Waals surface area contributed by atoms with Crippen molar-refractivity contribution in [3.05, 3.63) is 82.2 Å². The normalized spacial score (nSPS) is 19.6. The summed E-state index contributed by atoms with van der Waals surface area (Å²) < 4.78 is 71.2. The highest BCUT2D eigenvalue weighted by atomic mass is 19.2. The number of anilines is 1. The maximum atomic E-state index is 14.8. The number of hydrogen-bond donors (Lipinski definition) is 1. The molecule has 0 fully saturated rings. The Morgan fingerprint density at radius 3 is 2.16 bits per heavy atom. The fourth-order valence-corrected chi connectivity index (χ4v) is 4.93. The first-order chi connectivity index (χ1) is 15.1. The predicted octanol–water partition coefficient (Wildman–Crippen LogP) is 6.84. The van der Waals surface area contributed by atoms with Crippen LogP contribution in [0, 0.1) is 34.5 Å². The van der Waals surface area contributed by atoms with E-state index in [0.717, 1.165) is 16.3 Å². The molecule has 1 unspecified atom stereocenters. The van der Waals surface area contributed by atoms with Crippen LogP contribution in [0.2, 0.25) is 0 Å². The average molecular weight is 443 g/mol. The molecule has 5 rings (SSSR count). The van der Waals surface area contributed by atoms with Crippen LogP contribution in [0.3, 0.4) is 0 Å². The number of benzene rings is 3. The first kappa shape index (κ1) is 20.7. The summed E-state index contributed by atoms with van der Waals surface area (Å²) in [7, 11) is 0. The maximum absolute atomic E-state index is 14.8. The van der Waals surface area contributed by atoms with Crippen molar-refractivity contribution in [2.45, 2.75) is 32.7 Å². The summed E-state index contributed by atoms with van der Waals surface area (Å²) in [5, 5.41) is 4.65. The molecule has 1 aliphatic carbocycles. The van der Waals surface area contributed by atoms with Gasteiger partial charge in [0.05, 0.1) is 11.6 Å². The monoisotopic (exact) mass is 443 g/mol. The van der Waals surface area contributed by atoms with Crippen LogP contribution in [0.4, 0.5) is 27.6 Å².